The third-order valence-electron chi connectivity index (χ3n) is 4.88. The van der Waals surface area contributed by atoms with Gasteiger partial charge < -0.3 is 10.1 Å². The monoisotopic (exact) mass is 379 g/mol. The van der Waals surface area contributed by atoms with E-state index in [1.165, 1.54) is 4.88 Å². The third-order valence-corrected chi connectivity index (χ3v) is 5.88. The highest BCUT2D eigenvalue weighted by Crippen LogP contribution is 2.28. The number of benzene rings is 1. The summed E-state index contributed by atoms with van der Waals surface area (Å²) in [6.07, 6.45) is 2.87. The number of hydrogen-bond acceptors (Lipinski definition) is 7. The number of hydrogen-bond donors (Lipinski definition) is 1. The van der Waals surface area contributed by atoms with E-state index in [0.717, 1.165) is 35.5 Å². The second kappa shape index (κ2) is 7.51. The maximum Gasteiger partial charge on any atom is 0.232 e. The zero-order valence-electron chi connectivity index (χ0n) is 15.3. The second-order valence-corrected chi connectivity index (χ2v) is 7.90. The van der Waals surface area contributed by atoms with Crippen LogP contribution >= 0.6 is 11.3 Å². The van der Waals surface area contributed by atoms with E-state index in [2.05, 4.69) is 33.2 Å². The van der Waals surface area contributed by atoms with Gasteiger partial charge in [0.25, 0.3) is 0 Å². The Balaban J connectivity index is 1.49. The van der Waals surface area contributed by atoms with Crippen LogP contribution in [0.25, 0.3) is 10.9 Å². The molecule has 1 aromatic carbocycles. The minimum atomic E-state index is 0.0254. The number of thiazole rings is 1. The van der Waals surface area contributed by atoms with Crippen molar-refractivity contribution < 1.29 is 4.74 Å². The van der Waals surface area contributed by atoms with Gasteiger partial charge in [-0.05, 0) is 19.1 Å². The number of likely N-dealkylation sites (tertiary alicyclic amines) is 1. The van der Waals surface area contributed by atoms with Crippen LogP contribution < -0.4 is 10.1 Å². The second-order valence-electron chi connectivity index (χ2n) is 6.78. The molecule has 7 heteroatoms. The van der Waals surface area contributed by atoms with Gasteiger partial charge in [-0.15, -0.1) is 11.3 Å². The number of nitrogens with zero attached hydrogens (tertiary/aromatic N) is 4. The number of para-hydroxylation sites is 1. The molecule has 1 saturated heterocycles. The first-order chi connectivity index (χ1) is 13.2. The molecule has 0 aliphatic carbocycles. The average Bonchev–Trinajstić information content (AvgIpc) is 3.27. The summed E-state index contributed by atoms with van der Waals surface area (Å²) >= 11 is 1.67. The molecule has 1 N–H and O–H groups in total. The van der Waals surface area contributed by atoms with Crippen molar-refractivity contribution in [3.8, 4) is 11.9 Å². The summed E-state index contributed by atoms with van der Waals surface area (Å²) in [6.45, 7) is 3.88. The first kappa shape index (κ1) is 17.7. The van der Waals surface area contributed by atoms with E-state index < -0.39 is 0 Å². The van der Waals surface area contributed by atoms with Crippen LogP contribution in [0.2, 0.25) is 0 Å². The molecule has 2 unspecified atom stereocenters. The molecule has 0 bridgehead atoms. The van der Waals surface area contributed by atoms with Crippen molar-refractivity contribution in [1.82, 2.24) is 14.9 Å². The molecule has 6 nitrogen and oxygen atoms in total. The molecule has 3 aromatic rings. The van der Waals surface area contributed by atoms with E-state index in [4.69, 9.17) is 4.74 Å². The summed E-state index contributed by atoms with van der Waals surface area (Å²) in [6, 6.07) is 12.3. The van der Waals surface area contributed by atoms with Crippen molar-refractivity contribution in [3.63, 3.8) is 0 Å². The Morgan fingerprint density at radius 3 is 3.04 bits per heavy atom. The largest absolute Gasteiger partial charge is 0.472 e. The van der Waals surface area contributed by atoms with Gasteiger partial charge in [-0.1, -0.05) is 18.2 Å². The summed E-state index contributed by atoms with van der Waals surface area (Å²) in [5, 5.41) is 14.4. The van der Waals surface area contributed by atoms with Crippen LogP contribution in [0.3, 0.4) is 0 Å². The molecule has 3 heterocycles. The van der Waals surface area contributed by atoms with Gasteiger partial charge in [0.05, 0.1) is 5.52 Å². The van der Waals surface area contributed by atoms with E-state index >= 15 is 0 Å². The number of nitriles is 1. The number of ether oxygens (including phenoxy) is 1. The normalized spacial score (nSPS) is 19.9. The highest BCUT2D eigenvalue weighted by atomic mass is 32.1. The van der Waals surface area contributed by atoms with Crippen molar-refractivity contribution in [3.05, 3.63) is 47.0 Å². The van der Waals surface area contributed by atoms with Gasteiger partial charge in [0, 0.05) is 49.1 Å². The fourth-order valence-electron chi connectivity index (χ4n) is 3.47. The zero-order valence-corrected chi connectivity index (χ0v) is 16.2. The van der Waals surface area contributed by atoms with Crippen LogP contribution in [0.1, 0.15) is 23.8 Å². The highest BCUT2D eigenvalue weighted by Gasteiger charge is 2.31. The van der Waals surface area contributed by atoms with E-state index in [1.807, 2.05) is 43.6 Å². The lowest BCUT2D eigenvalue weighted by Crippen LogP contribution is -2.27. The maximum absolute atomic E-state index is 9.48. The smallest absolute Gasteiger partial charge is 0.232 e. The number of rotatable bonds is 5. The Bertz CT molecular complexity index is 995. The van der Waals surface area contributed by atoms with Crippen molar-refractivity contribution >= 4 is 27.4 Å². The quantitative estimate of drug-likeness (QED) is 0.729. The Morgan fingerprint density at radius 2 is 2.26 bits per heavy atom. The Morgan fingerprint density at radius 1 is 1.41 bits per heavy atom. The molecular weight excluding hydrogens is 358 g/mol. The summed E-state index contributed by atoms with van der Waals surface area (Å²) in [5.41, 5.74) is 1.33. The molecule has 2 aromatic heterocycles. The predicted octanol–water partition coefficient (Wildman–Crippen LogP) is 3.65. The van der Waals surface area contributed by atoms with Crippen LogP contribution in [0.5, 0.6) is 5.88 Å². The highest BCUT2D eigenvalue weighted by molar-refractivity contribution is 7.15. The van der Waals surface area contributed by atoms with Crippen molar-refractivity contribution in [1.29, 1.82) is 5.26 Å². The molecule has 1 fully saturated rings. The topological polar surface area (TPSA) is 74.1 Å². The van der Waals surface area contributed by atoms with Crippen molar-refractivity contribution in [2.24, 2.45) is 0 Å². The third kappa shape index (κ3) is 3.72. The molecule has 2 atom stereocenters. The van der Waals surface area contributed by atoms with Crippen LogP contribution in [0.15, 0.2) is 36.5 Å². The van der Waals surface area contributed by atoms with E-state index in [1.54, 1.807) is 11.3 Å². The summed E-state index contributed by atoms with van der Waals surface area (Å²) < 4.78 is 6.17. The van der Waals surface area contributed by atoms with E-state index in [0.29, 0.717) is 17.5 Å². The minimum Gasteiger partial charge on any atom is -0.472 e. The number of fused-ring (bicyclic) bond motifs is 1. The zero-order chi connectivity index (χ0) is 18.8. The molecule has 0 saturated carbocycles. The lowest BCUT2D eigenvalue weighted by molar-refractivity contribution is 0.189. The predicted molar refractivity (Wildman–Crippen MR) is 107 cm³/mol. The standard InChI is InChI=1S/C20H21N5OS/c1-13-7-16(11-25(13)12-17-10-23-20(22-2)27-17)26-19-15(9-21)8-14-5-3-4-6-18(14)24-19/h3-6,8,10,13,16H,7,11-12H2,1-2H3,(H,22,23). The molecule has 138 valence electrons. The Kier molecular flexibility index (Phi) is 4.92. The van der Waals surface area contributed by atoms with Crippen LogP contribution in [0.4, 0.5) is 5.13 Å². The minimum absolute atomic E-state index is 0.0254. The van der Waals surface area contributed by atoms with Gasteiger partial charge in [0.2, 0.25) is 5.88 Å². The van der Waals surface area contributed by atoms with Gasteiger partial charge in [-0.2, -0.15) is 5.26 Å². The number of aromatic nitrogens is 2. The Labute approximate surface area is 162 Å². The van der Waals surface area contributed by atoms with Gasteiger partial charge in [-0.25, -0.2) is 9.97 Å². The Hall–Kier alpha value is -2.69. The molecule has 0 amide bonds. The van der Waals surface area contributed by atoms with Gasteiger partial charge in [0.15, 0.2) is 5.13 Å². The summed E-state index contributed by atoms with van der Waals surface area (Å²) in [4.78, 5) is 12.5. The van der Waals surface area contributed by atoms with E-state index in [9.17, 15) is 5.26 Å². The van der Waals surface area contributed by atoms with Gasteiger partial charge in [-0.3, -0.25) is 4.90 Å². The van der Waals surface area contributed by atoms with Crippen LogP contribution in [-0.4, -0.2) is 40.6 Å². The average molecular weight is 379 g/mol. The van der Waals surface area contributed by atoms with E-state index in [-0.39, 0.29) is 6.10 Å². The lowest BCUT2D eigenvalue weighted by Gasteiger charge is -2.19. The molecule has 4 rings (SSSR count). The summed E-state index contributed by atoms with van der Waals surface area (Å²) in [5.74, 6) is 0.436. The number of nitrogens with one attached hydrogen (secondary N) is 1. The molecule has 1 aliphatic rings. The number of pyridine rings is 1. The van der Waals surface area contributed by atoms with Crippen LogP contribution in [0, 0.1) is 11.3 Å². The molecule has 0 radical (unpaired) electrons. The molecular formula is C20H21N5OS. The van der Waals surface area contributed by atoms with Gasteiger partial charge in [0.1, 0.15) is 17.7 Å². The molecule has 27 heavy (non-hydrogen) atoms. The number of anilines is 1. The SMILES string of the molecule is CNc1ncc(CN2CC(Oc3nc4ccccc4cc3C#N)CC2C)s1. The van der Waals surface area contributed by atoms with Crippen molar-refractivity contribution in [2.75, 3.05) is 18.9 Å². The fourth-order valence-corrected chi connectivity index (χ4v) is 4.27. The van der Waals surface area contributed by atoms with Crippen molar-refractivity contribution in [2.45, 2.75) is 32.0 Å². The first-order valence-corrected chi connectivity index (χ1v) is 9.81. The van der Waals surface area contributed by atoms with Crippen LogP contribution in [-0.2, 0) is 6.54 Å². The first-order valence-electron chi connectivity index (χ1n) is 8.99. The lowest BCUT2D eigenvalue weighted by atomic mass is 10.1. The molecule has 0 spiro atoms. The maximum atomic E-state index is 9.48. The summed E-state index contributed by atoms with van der Waals surface area (Å²) in [7, 11) is 1.88. The molecule has 1 aliphatic heterocycles. The van der Waals surface area contributed by atoms with Gasteiger partial charge >= 0.3 is 0 Å². The fraction of sp³-hybridized carbons (Fsp3) is 0.350.